The Balaban J connectivity index is 0.000000671. The normalized spacial score (nSPS) is 9.50. The zero-order valence-corrected chi connectivity index (χ0v) is 13.7. The highest BCUT2D eigenvalue weighted by atomic mass is 32.1. The highest BCUT2D eigenvalue weighted by molar-refractivity contribution is 7.19. The molecular weight excluding hydrogens is 320 g/mol. The van der Waals surface area contributed by atoms with Crippen LogP contribution in [0.25, 0.3) is 10.1 Å². The van der Waals surface area contributed by atoms with E-state index in [4.69, 9.17) is 21.1 Å². The van der Waals surface area contributed by atoms with E-state index in [1.165, 1.54) is 15.0 Å². The van der Waals surface area contributed by atoms with E-state index in [2.05, 4.69) is 48.6 Å². The lowest BCUT2D eigenvalue weighted by atomic mass is 10.2. The van der Waals surface area contributed by atoms with Crippen molar-refractivity contribution in [1.29, 1.82) is 10.5 Å². The van der Waals surface area contributed by atoms with Crippen molar-refractivity contribution in [2.45, 2.75) is 6.61 Å². The summed E-state index contributed by atoms with van der Waals surface area (Å²) in [6, 6.07) is 18.2. The molecule has 120 valence electrons. The number of nitrogens with two attached hydrogens (primary N) is 1. The molecule has 0 fully saturated rings. The predicted molar refractivity (Wildman–Crippen MR) is 97.7 cm³/mol. The molecule has 0 spiro atoms. The Morgan fingerprint density at radius 1 is 1.04 bits per heavy atom. The van der Waals surface area contributed by atoms with Crippen LogP contribution in [0.3, 0.4) is 0 Å². The molecule has 0 saturated carbocycles. The van der Waals surface area contributed by atoms with Gasteiger partial charge in [0.1, 0.15) is 12.4 Å². The molecule has 3 rings (SSSR count). The van der Waals surface area contributed by atoms with E-state index in [1.54, 1.807) is 17.6 Å². The van der Waals surface area contributed by atoms with Gasteiger partial charge in [-0.15, -0.1) is 11.3 Å². The van der Waals surface area contributed by atoms with E-state index in [0.717, 1.165) is 11.3 Å². The number of hydrogen-bond acceptors (Lipinski definition) is 6. The van der Waals surface area contributed by atoms with Gasteiger partial charge in [0, 0.05) is 22.7 Å². The second kappa shape index (κ2) is 10.4. The number of fused-ring (bicyclic) bond motifs is 1. The van der Waals surface area contributed by atoms with Gasteiger partial charge in [0.05, 0.1) is 6.21 Å². The molecule has 3 aromatic rings. The highest BCUT2D eigenvalue weighted by Gasteiger charge is 2.02. The molecule has 1 heterocycles. The van der Waals surface area contributed by atoms with Crippen molar-refractivity contribution in [3.05, 3.63) is 65.0 Å². The molecule has 0 bridgehead atoms. The van der Waals surface area contributed by atoms with Crippen LogP contribution in [0.5, 0.6) is 5.75 Å². The summed E-state index contributed by atoms with van der Waals surface area (Å²) in [5.74, 6) is 5.95. The van der Waals surface area contributed by atoms with Gasteiger partial charge in [0.2, 0.25) is 0 Å². The number of rotatable bonds is 4. The zero-order valence-electron chi connectivity index (χ0n) is 12.9. The average Bonchev–Trinajstić information content (AvgIpc) is 3.08. The summed E-state index contributed by atoms with van der Waals surface area (Å²) in [6.45, 7) is 7.59. The zero-order chi connectivity index (χ0) is 17.8. The van der Waals surface area contributed by atoms with Gasteiger partial charge in [-0.25, -0.2) is 10.5 Å². The van der Waals surface area contributed by atoms with Crippen molar-refractivity contribution in [1.82, 2.24) is 0 Å². The molecule has 6 heteroatoms. The standard InChI is InChI=1S/C16H14N2OS.2CHN/c17-18-10-12-5-7-14(8-6-12)19-11-15-9-13-3-1-2-4-16(13)20-15;2*1-2/h1-10H,11,17H2;2*1H. The summed E-state index contributed by atoms with van der Waals surface area (Å²) in [6.07, 6.45) is 1.61. The van der Waals surface area contributed by atoms with Gasteiger partial charge in [-0.2, -0.15) is 5.10 Å². The maximum absolute atomic E-state index is 6.50. The summed E-state index contributed by atoms with van der Waals surface area (Å²) in [7, 11) is 0. The molecule has 0 aliphatic rings. The quantitative estimate of drug-likeness (QED) is 0.441. The predicted octanol–water partition coefficient (Wildman–Crippen LogP) is 4.05. The SMILES string of the molecule is C#N.C#N.NN=Cc1ccc(OCc2cc3ccccc3s2)cc1. The topological polar surface area (TPSA) is 95.2 Å². The Labute approximate surface area is 144 Å². The van der Waals surface area contributed by atoms with Gasteiger partial charge in [-0.3, -0.25) is 0 Å². The van der Waals surface area contributed by atoms with Gasteiger partial charge in [0.25, 0.3) is 0 Å². The average molecular weight is 336 g/mol. The number of benzene rings is 2. The lowest BCUT2D eigenvalue weighted by Gasteiger charge is -2.04. The first kappa shape index (κ1) is 18.7. The second-order valence-electron chi connectivity index (χ2n) is 4.39. The molecular formula is C18H16N4OS. The molecule has 0 amide bonds. The minimum atomic E-state index is 0.587. The fraction of sp³-hybridized carbons (Fsp3) is 0.0556. The van der Waals surface area contributed by atoms with Crippen LogP contribution in [0.15, 0.2) is 59.7 Å². The Morgan fingerprint density at radius 2 is 1.71 bits per heavy atom. The summed E-state index contributed by atoms with van der Waals surface area (Å²) in [5, 5.41) is 17.8. The van der Waals surface area contributed by atoms with Crippen molar-refractivity contribution >= 4 is 27.6 Å². The Morgan fingerprint density at radius 3 is 2.33 bits per heavy atom. The minimum absolute atomic E-state index is 0.587. The van der Waals surface area contributed by atoms with E-state index < -0.39 is 0 Å². The Hall–Kier alpha value is -3.35. The van der Waals surface area contributed by atoms with E-state index in [0.29, 0.717) is 6.61 Å². The summed E-state index contributed by atoms with van der Waals surface area (Å²) in [4.78, 5) is 1.22. The second-order valence-corrected chi connectivity index (χ2v) is 5.55. The minimum Gasteiger partial charge on any atom is -0.488 e. The monoisotopic (exact) mass is 336 g/mol. The van der Waals surface area contributed by atoms with Gasteiger partial charge < -0.3 is 10.6 Å². The smallest absolute Gasteiger partial charge is 0.122 e. The Bertz CT molecular complexity index is 780. The van der Waals surface area contributed by atoms with Gasteiger partial charge in [-0.05, 0) is 47.3 Å². The molecule has 0 aliphatic heterocycles. The largest absolute Gasteiger partial charge is 0.488 e. The third-order valence-electron chi connectivity index (χ3n) is 2.96. The lowest BCUT2D eigenvalue weighted by Crippen LogP contribution is -1.93. The number of nitrogens with zero attached hydrogens (tertiary/aromatic N) is 3. The molecule has 0 saturated heterocycles. The van der Waals surface area contributed by atoms with Crippen molar-refractivity contribution < 1.29 is 4.74 Å². The van der Waals surface area contributed by atoms with Gasteiger partial charge >= 0.3 is 0 Å². The number of nitriles is 2. The fourth-order valence-electron chi connectivity index (χ4n) is 2.00. The number of thiophene rings is 1. The first-order chi connectivity index (χ1) is 11.8. The maximum atomic E-state index is 6.50. The molecule has 2 N–H and O–H groups in total. The third kappa shape index (κ3) is 5.13. The first-order valence-corrected chi connectivity index (χ1v) is 7.62. The third-order valence-corrected chi connectivity index (χ3v) is 4.05. The van der Waals surface area contributed by atoms with Crippen molar-refractivity contribution in [3.63, 3.8) is 0 Å². The molecule has 0 aliphatic carbocycles. The van der Waals surface area contributed by atoms with Crippen molar-refractivity contribution in [3.8, 4) is 18.9 Å². The van der Waals surface area contributed by atoms with E-state index in [-0.39, 0.29) is 0 Å². The first-order valence-electron chi connectivity index (χ1n) is 6.80. The maximum Gasteiger partial charge on any atom is 0.122 e. The van der Waals surface area contributed by atoms with E-state index >= 15 is 0 Å². The van der Waals surface area contributed by atoms with E-state index in [9.17, 15) is 0 Å². The van der Waals surface area contributed by atoms with Crippen molar-refractivity contribution in [2.75, 3.05) is 0 Å². The van der Waals surface area contributed by atoms with Crippen LogP contribution in [0.4, 0.5) is 0 Å². The molecule has 24 heavy (non-hydrogen) atoms. The Kier molecular flexibility index (Phi) is 8.09. The van der Waals surface area contributed by atoms with Gasteiger partial charge in [-0.1, -0.05) is 18.2 Å². The molecule has 0 radical (unpaired) electrons. The fourth-order valence-corrected chi connectivity index (χ4v) is 2.98. The summed E-state index contributed by atoms with van der Waals surface area (Å²) >= 11 is 1.77. The number of ether oxygens (including phenoxy) is 1. The van der Waals surface area contributed by atoms with Crippen LogP contribution >= 0.6 is 11.3 Å². The molecule has 1 aromatic heterocycles. The van der Waals surface area contributed by atoms with E-state index in [1.807, 2.05) is 24.3 Å². The van der Waals surface area contributed by atoms with Crippen LogP contribution in [0.2, 0.25) is 0 Å². The highest BCUT2D eigenvalue weighted by Crippen LogP contribution is 2.26. The number of hydrogen-bond donors (Lipinski definition) is 1. The van der Waals surface area contributed by atoms with Crippen LogP contribution < -0.4 is 10.6 Å². The van der Waals surface area contributed by atoms with Crippen LogP contribution in [-0.4, -0.2) is 6.21 Å². The van der Waals surface area contributed by atoms with Crippen molar-refractivity contribution in [2.24, 2.45) is 10.9 Å². The molecule has 0 unspecified atom stereocenters. The molecule has 2 aromatic carbocycles. The molecule has 5 nitrogen and oxygen atoms in total. The lowest BCUT2D eigenvalue weighted by molar-refractivity contribution is 0.310. The van der Waals surface area contributed by atoms with Crippen LogP contribution in [0.1, 0.15) is 10.4 Å². The number of hydrazone groups is 1. The summed E-state index contributed by atoms with van der Waals surface area (Å²) < 4.78 is 7.08. The van der Waals surface area contributed by atoms with Crippen LogP contribution in [-0.2, 0) is 6.61 Å². The van der Waals surface area contributed by atoms with Gasteiger partial charge in [0.15, 0.2) is 0 Å². The molecule has 0 atom stereocenters. The summed E-state index contributed by atoms with van der Waals surface area (Å²) in [5.41, 5.74) is 0.960. The van der Waals surface area contributed by atoms with Crippen LogP contribution in [0, 0.1) is 23.7 Å².